The highest BCUT2D eigenvalue weighted by atomic mass is 35.5. The van der Waals surface area contributed by atoms with E-state index in [1.165, 1.54) is 24.3 Å². The first kappa shape index (κ1) is 18.2. The highest BCUT2D eigenvalue weighted by Gasteiger charge is 2.26. The van der Waals surface area contributed by atoms with E-state index in [4.69, 9.17) is 28.3 Å². The molecule has 9 heteroatoms. The van der Waals surface area contributed by atoms with Crippen molar-refractivity contribution in [3.8, 4) is 0 Å². The second-order valence-corrected chi connectivity index (χ2v) is 7.45. The highest BCUT2D eigenvalue weighted by molar-refractivity contribution is 7.90. The average molecular weight is 358 g/mol. The van der Waals surface area contributed by atoms with Crippen molar-refractivity contribution in [2.75, 3.05) is 12.9 Å². The van der Waals surface area contributed by atoms with Crippen LogP contribution in [0.1, 0.15) is 11.7 Å². The van der Waals surface area contributed by atoms with Crippen molar-refractivity contribution in [3.05, 3.63) is 29.8 Å². The van der Waals surface area contributed by atoms with Crippen molar-refractivity contribution >= 4 is 38.9 Å². The van der Waals surface area contributed by atoms with Crippen molar-refractivity contribution in [3.63, 3.8) is 0 Å². The Bertz CT molecular complexity index is 592. The van der Waals surface area contributed by atoms with Gasteiger partial charge in [-0.15, -0.1) is 0 Å². The van der Waals surface area contributed by atoms with Gasteiger partial charge in [0.1, 0.15) is 6.17 Å². The molecule has 1 rings (SSSR count). The van der Waals surface area contributed by atoms with Crippen LogP contribution in [0.25, 0.3) is 0 Å². The van der Waals surface area contributed by atoms with Crippen molar-refractivity contribution < 1.29 is 22.7 Å². The van der Waals surface area contributed by atoms with Gasteiger partial charge < -0.3 is 10.4 Å². The van der Waals surface area contributed by atoms with Crippen LogP contribution >= 0.6 is 23.2 Å². The maximum atomic E-state index is 14.2. The van der Waals surface area contributed by atoms with E-state index in [9.17, 15) is 17.6 Å². The van der Waals surface area contributed by atoms with Gasteiger partial charge in [0.15, 0.2) is 14.7 Å². The fraction of sp³-hybridized carbons (Fsp3) is 0.417. The quantitative estimate of drug-likeness (QED) is 0.753. The Morgan fingerprint density at radius 3 is 2.24 bits per heavy atom. The zero-order chi connectivity index (χ0) is 16.2. The number of aliphatic hydroxyl groups excluding tert-OH is 1. The monoisotopic (exact) mass is 357 g/mol. The van der Waals surface area contributed by atoms with Crippen LogP contribution in [-0.4, -0.2) is 43.2 Å². The Hall–Kier alpha value is -0.890. The zero-order valence-corrected chi connectivity index (χ0v) is 13.3. The Kier molecular flexibility index (Phi) is 6.40. The molecule has 2 N–H and O–H groups in total. The molecule has 118 valence electrons. The lowest BCUT2D eigenvalue weighted by Crippen LogP contribution is -2.43. The summed E-state index contributed by atoms with van der Waals surface area (Å²) >= 11 is 10.7. The Morgan fingerprint density at radius 2 is 1.86 bits per heavy atom. The molecule has 0 saturated carbocycles. The number of hydrogen-bond acceptors (Lipinski definition) is 4. The predicted octanol–water partition coefficient (Wildman–Crippen LogP) is 1.38. The molecule has 0 aliphatic carbocycles. The van der Waals surface area contributed by atoms with Gasteiger partial charge in [0.2, 0.25) is 0 Å². The van der Waals surface area contributed by atoms with Gasteiger partial charge in [-0.25, -0.2) is 12.8 Å². The van der Waals surface area contributed by atoms with Gasteiger partial charge in [-0.1, -0.05) is 35.3 Å². The van der Waals surface area contributed by atoms with E-state index in [1.54, 1.807) is 0 Å². The lowest BCUT2D eigenvalue weighted by atomic mass is 10.0. The number of aliphatic hydroxyl groups is 1. The van der Waals surface area contributed by atoms with Crippen LogP contribution in [0.5, 0.6) is 0 Å². The van der Waals surface area contributed by atoms with Crippen molar-refractivity contribution in [2.45, 2.75) is 21.9 Å². The van der Waals surface area contributed by atoms with Crippen LogP contribution < -0.4 is 5.32 Å². The molecule has 0 heterocycles. The lowest BCUT2D eigenvalue weighted by molar-refractivity contribution is -0.121. The number of sulfone groups is 1. The fourth-order valence-electron chi connectivity index (χ4n) is 1.59. The van der Waals surface area contributed by atoms with Gasteiger partial charge in [0.05, 0.1) is 17.5 Å². The zero-order valence-electron chi connectivity index (χ0n) is 11.0. The third-order valence-corrected chi connectivity index (χ3v) is 4.23. The predicted molar refractivity (Wildman–Crippen MR) is 77.9 cm³/mol. The average Bonchev–Trinajstić information content (AvgIpc) is 2.42. The minimum absolute atomic E-state index is 0.0459. The largest absolute Gasteiger partial charge is 0.394 e. The highest BCUT2D eigenvalue weighted by Crippen LogP contribution is 2.23. The molecule has 0 spiro atoms. The number of halogens is 3. The van der Waals surface area contributed by atoms with E-state index >= 15 is 0 Å². The summed E-state index contributed by atoms with van der Waals surface area (Å²) in [6.07, 6.45) is -0.702. The molecule has 0 aliphatic heterocycles. The third kappa shape index (κ3) is 5.10. The number of amides is 1. The van der Waals surface area contributed by atoms with E-state index in [0.717, 1.165) is 6.26 Å². The SMILES string of the molecule is CS(=O)(=O)c1ccc(C(F)C(CO)NC(=O)C(Cl)Cl)cc1. The summed E-state index contributed by atoms with van der Waals surface area (Å²) in [6.45, 7) is -0.665. The van der Waals surface area contributed by atoms with Gasteiger partial charge in [-0.2, -0.15) is 0 Å². The maximum Gasteiger partial charge on any atom is 0.253 e. The molecule has 1 aromatic carbocycles. The molecule has 5 nitrogen and oxygen atoms in total. The number of nitrogens with one attached hydrogen (secondary N) is 1. The molecular formula is C12H14Cl2FNO4S. The second-order valence-electron chi connectivity index (χ2n) is 4.34. The van der Waals surface area contributed by atoms with Gasteiger partial charge in [0, 0.05) is 6.26 Å². The first-order valence-corrected chi connectivity index (χ1v) is 8.56. The smallest absolute Gasteiger partial charge is 0.253 e. The molecule has 0 radical (unpaired) electrons. The van der Waals surface area contributed by atoms with Crippen LogP contribution in [0.3, 0.4) is 0 Å². The molecule has 1 aromatic rings. The number of carbonyl (C=O) groups excluding carboxylic acids is 1. The minimum Gasteiger partial charge on any atom is -0.394 e. The molecule has 0 saturated heterocycles. The summed E-state index contributed by atoms with van der Waals surface area (Å²) in [5.41, 5.74) is 0.113. The molecule has 0 aliphatic rings. The maximum absolute atomic E-state index is 14.2. The molecule has 0 fully saturated rings. The molecule has 0 aromatic heterocycles. The minimum atomic E-state index is -3.38. The standard InChI is InChI=1S/C12H14Cl2FNO4S/c1-21(19,20)8-4-2-7(3-5-8)10(15)9(6-17)16-12(18)11(13)14/h2-5,9-11,17H,6H2,1H3,(H,16,18). The van der Waals surface area contributed by atoms with Crippen LogP contribution in [0.15, 0.2) is 29.2 Å². The van der Waals surface area contributed by atoms with Gasteiger partial charge in [0.25, 0.3) is 5.91 Å². The van der Waals surface area contributed by atoms with E-state index in [2.05, 4.69) is 5.32 Å². The van der Waals surface area contributed by atoms with Crippen LogP contribution in [0.2, 0.25) is 0 Å². The number of rotatable bonds is 6. The van der Waals surface area contributed by atoms with Crippen molar-refractivity contribution in [1.29, 1.82) is 0 Å². The van der Waals surface area contributed by atoms with E-state index in [-0.39, 0.29) is 10.5 Å². The Morgan fingerprint density at radius 1 is 1.33 bits per heavy atom. The number of hydrogen-bond donors (Lipinski definition) is 2. The summed E-state index contributed by atoms with van der Waals surface area (Å²) in [6, 6.07) is 3.81. The van der Waals surface area contributed by atoms with E-state index in [1.807, 2.05) is 0 Å². The molecule has 1 amide bonds. The van der Waals surface area contributed by atoms with Gasteiger partial charge in [-0.05, 0) is 17.7 Å². The Labute approximate surface area is 132 Å². The lowest BCUT2D eigenvalue weighted by Gasteiger charge is -2.21. The molecule has 2 atom stereocenters. The topological polar surface area (TPSA) is 83.5 Å². The first-order chi connectivity index (χ1) is 9.66. The fourth-order valence-corrected chi connectivity index (χ4v) is 2.34. The van der Waals surface area contributed by atoms with E-state index < -0.39 is 39.4 Å². The normalized spacial score (nSPS) is 14.8. The Balaban J connectivity index is 2.90. The van der Waals surface area contributed by atoms with E-state index in [0.29, 0.717) is 0 Å². The summed E-state index contributed by atoms with van der Waals surface area (Å²) in [5.74, 6) is -0.826. The number of alkyl halides is 3. The van der Waals surface area contributed by atoms with Crippen molar-refractivity contribution in [2.24, 2.45) is 0 Å². The second kappa shape index (κ2) is 7.40. The molecule has 2 unspecified atom stereocenters. The van der Waals surface area contributed by atoms with Crippen LogP contribution in [-0.2, 0) is 14.6 Å². The van der Waals surface area contributed by atoms with Crippen LogP contribution in [0.4, 0.5) is 4.39 Å². The summed E-state index contributed by atoms with van der Waals surface area (Å²) in [4.78, 5) is 9.97. The first-order valence-electron chi connectivity index (χ1n) is 5.80. The number of carbonyl (C=O) groups is 1. The van der Waals surface area contributed by atoms with Gasteiger partial charge >= 0.3 is 0 Å². The van der Waals surface area contributed by atoms with Crippen molar-refractivity contribution in [1.82, 2.24) is 5.32 Å². The number of benzene rings is 1. The van der Waals surface area contributed by atoms with Crippen LogP contribution in [0, 0.1) is 0 Å². The molecule has 0 bridgehead atoms. The summed E-state index contributed by atoms with van der Waals surface area (Å²) < 4.78 is 36.9. The molecule has 21 heavy (non-hydrogen) atoms. The van der Waals surface area contributed by atoms with Gasteiger partial charge in [-0.3, -0.25) is 4.79 Å². The molecular weight excluding hydrogens is 344 g/mol. The summed E-state index contributed by atoms with van der Waals surface area (Å²) in [7, 11) is -3.38. The third-order valence-electron chi connectivity index (χ3n) is 2.70. The summed E-state index contributed by atoms with van der Waals surface area (Å²) in [5, 5.41) is 11.3.